The number of fused-ring (bicyclic) bond motifs is 1. The predicted octanol–water partition coefficient (Wildman–Crippen LogP) is 2.42. The van der Waals surface area contributed by atoms with E-state index in [1.807, 2.05) is 18.2 Å². The summed E-state index contributed by atoms with van der Waals surface area (Å²) < 4.78 is 5.45. The fourth-order valence-corrected chi connectivity index (χ4v) is 3.07. The van der Waals surface area contributed by atoms with Crippen LogP contribution in [0.25, 0.3) is 0 Å². The lowest BCUT2D eigenvalue weighted by molar-refractivity contribution is -0.116. The van der Waals surface area contributed by atoms with Crippen molar-refractivity contribution in [3.05, 3.63) is 29.3 Å². The number of aryl methyl sites for hydroxylation is 1. The molecule has 108 valence electrons. The van der Waals surface area contributed by atoms with Gasteiger partial charge in [0.05, 0.1) is 12.7 Å². The summed E-state index contributed by atoms with van der Waals surface area (Å²) in [7, 11) is 0. The van der Waals surface area contributed by atoms with E-state index in [1.54, 1.807) is 0 Å². The minimum Gasteiger partial charge on any atom is -0.388 e. The second kappa shape index (κ2) is 5.94. The molecule has 0 aliphatic carbocycles. The zero-order valence-electron chi connectivity index (χ0n) is 11.6. The number of hydrogen-bond acceptors (Lipinski definition) is 3. The maximum Gasteiger partial charge on any atom is 0.224 e. The second-order valence-corrected chi connectivity index (χ2v) is 5.74. The van der Waals surface area contributed by atoms with Crippen molar-refractivity contribution < 1.29 is 14.6 Å². The lowest BCUT2D eigenvalue weighted by atomic mass is 9.90. The van der Waals surface area contributed by atoms with Crippen molar-refractivity contribution in [1.29, 1.82) is 0 Å². The van der Waals surface area contributed by atoms with Gasteiger partial charge < -0.3 is 15.2 Å². The molecule has 1 amide bonds. The zero-order chi connectivity index (χ0) is 13.9. The first-order valence-electron chi connectivity index (χ1n) is 7.42. The fourth-order valence-electron chi connectivity index (χ4n) is 3.07. The summed E-state index contributed by atoms with van der Waals surface area (Å²) in [5.74, 6) is 0.264. The molecule has 0 radical (unpaired) electrons. The van der Waals surface area contributed by atoms with E-state index < -0.39 is 6.10 Å². The summed E-state index contributed by atoms with van der Waals surface area (Å²) >= 11 is 0. The van der Waals surface area contributed by atoms with Gasteiger partial charge in [0.2, 0.25) is 5.91 Å². The molecule has 1 aromatic rings. The van der Waals surface area contributed by atoms with E-state index in [2.05, 4.69) is 5.32 Å². The maximum atomic E-state index is 11.5. The minimum absolute atomic E-state index is 0.0812. The predicted molar refractivity (Wildman–Crippen MR) is 76.5 cm³/mol. The van der Waals surface area contributed by atoms with E-state index in [4.69, 9.17) is 4.74 Å². The number of nitrogens with one attached hydrogen (secondary N) is 1. The summed E-state index contributed by atoms with van der Waals surface area (Å²) in [4.78, 5) is 11.5. The Bertz CT molecular complexity index is 494. The molecule has 1 fully saturated rings. The van der Waals surface area contributed by atoms with Gasteiger partial charge in [0, 0.05) is 24.6 Å². The van der Waals surface area contributed by atoms with Crippen molar-refractivity contribution in [3.63, 3.8) is 0 Å². The fraction of sp³-hybridized carbons (Fsp3) is 0.562. The normalized spacial score (nSPS) is 24.4. The molecule has 1 saturated heterocycles. The zero-order valence-corrected chi connectivity index (χ0v) is 11.6. The highest BCUT2D eigenvalue weighted by Gasteiger charge is 2.24. The summed E-state index contributed by atoms with van der Waals surface area (Å²) in [6.07, 6.45) is 3.88. The first kappa shape index (κ1) is 13.6. The maximum absolute atomic E-state index is 11.5. The van der Waals surface area contributed by atoms with Gasteiger partial charge in [-0.05, 0) is 42.9 Å². The first-order valence-corrected chi connectivity index (χ1v) is 7.42. The van der Waals surface area contributed by atoms with Gasteiger partial charge in [-0.15, -0.1) is 0 Å². The Morgan fingerprint density at radius 1 is 1.30 bits per heavy atom. The number of aliphatic hydroxyl groups excluding tert-OH is 1. The highest BCUT2D eigenvalue weighted by atomic mass is 16.5. The number of carbonyl (C=O) groups excluding carboxylic acids is 1. The smallest absolute Gasteiger partial charge is 0.224 e. The molecular weight excluding hydrogens is 254 g/mol. The van der Waals surface area contributed by atoms with Crippen molar-refractivity contribution in [1.82, 2.24) is 0 Å². The van der Waals surface area contributed by atoms with Gasteiger partial charge in [0.15, 0.2) is 0 Å². The lowest BCUT2D eigenvalue weighted by Gasteiger charge is -2.27. The van der Waals surface area contributed by atoms with Crippen molar-refractivity contribution >= 4 is 11.6 Å². The molecule has 3 rings (SSSR count). The van der Waals surface area contributed by atoms with Gasteiger partial charge in [-0.3, -0.25) is 4.79 Å². The molecule has 2 aliphatic rings. The monoisotopic (exact) mass is 275 g/mol. The lowest BCUT2D eigenvalue weighted by Crippen LogP contribution is -2.23. The molecule has 4 heteroatoms. The molecule has 2 unspecified atom stereocenters. The molecule has 2 N–H and O–H groups in total. The van der Waals surface area contributed by atoms with Crippen LogP contribution in [-0.2, 0) is 16.0 Å². The number of amides is 1. The number of anilines is 1. The van der Waals surface area contributed by atoms with Crippen LogP contribution in [0.3, 0.4) is 0 Å². The summed E-state index contributed by atoms with van der Waals surface area (Å²) in [5, 5.41) is 13.4. The summed E-state index contributed by atoms with van der Waals surface area (Å²) in [6.45, 7) is 1.44. The molecule has 1 aromatic carbocycles. The average Bonchev–Trinajstić information content (AvgIpc) is 2.67. The Balaban J connectivity index is 1.80. The van der Waals surface area contributed by atoms with E-state index in [-0.39, 0.29) is 11.8 Å². The van der Waals surface area contributed by atoms with Crippen LogP contribution >= 0.6 is 0 Å². The van der Waals surface area contributed by atoms with Crippen LogP contribution in [0.1, 0.15) is 42.9 Å². The molecule has 20 heavy (non-hydrogen) atoms. The quantitative estimate of drug-likeness (QED) is 0.871. The van der Waals surface area contributed by atoms with Crippen LogP contribution in [0, 0.1) is 5.92 Å². The molecule has 0 aromatic heterocycles. The van der Waals surface area contributed by atoms with Crippen molar-refractivity contribution in [2.24, 2.45) is 5.92 Å². The molecule has 2 atom stereocenters. The number of ether oxygens (including phenoxy) is 1. The number of hydrogen-bond donors (Lipinski definition) is 2. The highest BCUT2D eigenvalue weighted by Crippen LogP contribution is 2.32. The van der Waals surface area contributed by atoms with Crippen molar-refractivity contribution in [2.45, 2.75) is 38.2 Å². The summed E-state index contributed by atoms with van der Waals surface area (Å²) in [6, 6.07) is 5.88. The third-order valence-corrected chi connectivity index (χ3v) is 4.24. The topological polar surface area (TPSA) is 58.6 Å². The van der Waals surface area contributed by atoms with E-state index >= 15 is 0 Å². The van der Waals surface area contributed by atoms with E-state index in [1.165, 1.54) is 0 Å². The van der Waals surface area contributed by atoms with E-state index in [0.29, 0.717) is 13.0 Å². The largest absolute Gasteiger partial charge is 0.388 e. The Morgan fingerprint density at radius 2 is 2.20 bits per heavy atom. The molecular formula is C16H21NO3. The molecule has 0 saturated carbocycles. The molecule has 0 bridgehead atoms. The highest BCUT2D eigenvalue weighted by molar-refractivity contribution is 5.92. The molecule has 4 nitrogen and oxygen atoms in total. The second-order valence-electron chi connectivity index (χ2n) is 5.74. The van der Waals surface area contributed by atoms with Crippen LogP contribution < -0.4 is 5.32 Å². The molecule has 2 aliphatic heterocycles. The van der Waals surface area contributed by atoms with E-state index in [0.717, 1.165) is 49.1 Å². The Hall–Kier alpha value is -1.39. The Labute approximate surface area is 119 Å². The average molecular weight is 275 g/mol. The van der Waals surface area contributed by atoms with Gasteiger partial charge in [-0.1, -0.05) is 12.1 Å². The van der Waals surface area contributed by atoms with Crippen LogP contribution in [0.2, 0.25) is 0 Å². The van der Waals surface area contributed by atoms with Crippen LogP contribution in [0.5, 0.6) is 0 Å². The SMILES string of the molecule is O=C1CCCc2cc(C(O)C3CCCOC3)ccc2N1. The van der Waals surface area contributed by atoms with Crippen molar-refractivity contribution in [3.8, 4) is 0 Å². The Kier molecular flexibility index (Phi) is 4.03. The van der Waals surface area contributed by atoms with E-state index in [9.17, 15) is 9.90 Å². The van der Waals surface area contributed by atoms with Crippen LogP contribution in [0.4, 0.5) is 5.69 Å². The van der Waals surface area contributed by atoms with Crippen LogP contribution in [0.15, 0.2) is 18.2 Å². The van der Waals surface area contributed by atoms with Gasteiger partial charge in [0.25, 0.3) is 0 Å². The number of carbonyl (C=O) groups is 1. The number of rotatable bonds is 2. The Morgan fingerprint density at radius 3 is 3.00 bits per heavy atom. The van der Waals surface area contributed by atoms with Gasteiger partial charge in [-0.2, -0.15) is 0 Å². The van der Waals surface area contributed by atoms with Gasteiger partial charge >= 0.3 is 0 Å². The summed E-state index contributed by atoms with van der Waals surface area (Å²) in [5.41, 5.74) is 2.96. The van der Waals surface area contributed by atoms with Crippen LogP contribution in [-0.4, -0.2) is 24.2 Å². The first-order chi connectivity index (χ1) is 9.74. The van der Waals surface area contributed by atoms with Gasteiger partial charge in [-0.25, -0.2) is 0 Å². The van der Waals surface area contributed by atoms with Gasteiger partial charge in [0.1, 0.15) is 0 Å². The number of aliphatic hydroxyl groups is 1. The molecule has 0 spiro atoms. The van der Waals surface area contributed by atoms with Crippen molar-refractivity contribution in [2.75, 3.05) is 18.5 Å². The third-order valence-electron chi connectivity index (χ3n) is 4.24. The third kappa shape index (κ3) is 2.86. The molecule has 2 heterocycles. The number of benzene rings is 1. The minimum atomic E-state index is -0.473. The standard InChI is InChI=1S/C16H21NO3/c18-15-5-1-3-11-9-12(6-7-14(11)17-15)16(19)13-4-2-8-20-10-13/h6-7,9,13,16,19H,1-5,8,10H2,(H,17,18).